The molecule has 1 aromatic carbocycles. The van der Waals surface area contributed by atoms with Gasteiger partial charge in [0.15, 0.2) is 0 Å². The van der Waals surface area contributed by atoms with Gasteiger partial charge in [0.1, 0.15) is 0 Å². The number of halogens is 1. The molecule has 1 amide bonds. The second kappa shape index (κ2) is 6.59. The standard InChI is InChI=1S/C15H22BrN3O/c1-18-11-4-6-12(7-5-11)19(2)14-8-3-10(16)9-13(14)15(17)20/h3,8-9,11-12,18H,4-7H2,1-2H3,(H2,17,20). The third-order valence-corrected chi connectivity index (χ3v) is 4.75. The molecule has 4 nitrogen and oxygen atoms in total. The van der Waals surface area contributed by atoms with Gasteiger partial charge in [0.05, 0.1) is 5.56 Å². The summed E-state index contributed by atoms with van der Waals surface area (Å²) in [5.41, 5.74) is 7.00. The van der Waals surface area contributed by atoms with E-state index >= 15 is 0 Å². The van der Waals surface area contributed by atoms with Crippen LogP contribution in [0.1, 0.15) is 36.0 Å². The summed E-state index contributed by atoms with van der Waals surface area (Å²) in [5, 5.41) is 3.34. The maximum atomic E-state index is 11.6. The predicted molar refractivity (Wildman–Crippen MR) is 86.2 cm³/mol. The largest absolute Gasteiger partial charge is 0.371 e. The summed E-state index contributed by atoms with van der Waals surface area (Å²) in [6, 6.07) is 6.82. The van der Waals surface area contributed by atoms with Gasteiger partial charge in [-0.1, -0.05) is 15.9 Å². The van der Waals surface area contributed by atoms with E-state index in [4.69, 9.17) is 5.73 Å². The normalized spacial score (nSPS) is 22.6. The minimum Gasteiger partial charge on any atom is -0.371 e. The lowest BCUT2D eigenvalue weighted by Gasteiger charge is -2.36. The number of nitrogens with one attached hydrogen (secondary N) is 1. The Labute approximate surface area is 128 Å². The Morgan fingerprint density at radius 3 is 2.55 bits per heavy atom. The topological polar surface area (TPSA) is 58.4 Å². The number of benzene rings is 1. The van der Waals surface area contributed by atoms with Crippen LogP contribution in [0, 0.1) is 0 Å². The van der Waals surface area contributed by atoms with Crippen LogP contribution in [-0.4, -0.2) is 32.1 Å². The molecule has 1 aliphatic carbocycles. The Morgan fingerprint density at radius 1 is 1.35 bits per heavy atom. The van der Waals surface area contributed by atoms with E-state index in [2.05, 4.69) is 33.2 Å². The van der Waals surface area contributed by atoms with Crippen LogP contribution >= 0.6 is 15.9 Å². The van der Waals surface area contributed by atoms with Crippen molar-refractivity contribution in [1.82, 2.24) is 5.32 Å². The zero-order valence-electron chi connectivity index (χ0n) is 12.0. The van der Waals surface area contributed by atoms with Crippen molar-refractivity contribution in [2.75, 3.05) is 19.0 Å². The van der Waals surface area contributed by atoms with E-state index in [1.165, 1.54) is 12.8 Å². The highest BCUT2D eigenvalue weighted by Gasteiger charge is 2.25. The monoisotopic (exact) mass is 339 g/mol. The highest BCUT2D eigenvalue weighted by Crippen LogP contribution is 2.30. The van der Waals surface area contributed by atoms with Gasteiger partial charge in [-0.15, -0.1) is 0 Å². The third kappa shape index (κ3) is 3.33. The predicted octanol–water partition coefficient (Wildman–Crippen LogP) is 2.51. The quantitative estimate of drug-likeness (QED) is 0.886. The second-order valence-corrected chi connectivity index (χ2v) is 6.35. The van der Waals surface area contributed by atoms with E-state index in [1.54, 1.807) is 6.07 Å². The molecule has 0 spiro atoms. The van der Waals surface area contributed by atoms with Gasteiger partial charge in [-0.2, -0.15) is 0 Å². The number of primary amides is 1. The summed E-state index contributed by atoms with van der Waals surface area (Å²) >= 11 is 3.39. The van der Waals surface area contributed by atoms with Gasteiger partial charge in [-0.05, 0) is 50.9 Å². The van der Waals surface area contributed by atoms with Crippen LogP contribution in [0.2, 0.25) is 0 Å². The molecule has 0 radical (unpaired) electrons. The van der Waals surface area contributed by atoms with Crippen LogP contribution in [0.4, 0.5) is 5.69 Å². The lowest BCUT2D eigenvalue weighted by atomic mass is 9.90. The van der Waals surface area contributed by atoms with Gasteiger partial charge in [-0.3, -0.25) is 4.79 Å². The summed E-state index contributed by atoms with van der Waals surface area (Å²) in [6.07, 6.45) is 4.62. The second-order valence-electron chi connectivity index (χ2n) is 5.43. The van der Waals surface area contributed by atoms with Crippen LogP contribution in [-0.2, 0) is 0 Å². The van der Waals surface area contributed by atoms with Crippen molar-refractivity contribution < 1.29 is 4.79 Å². The summed E-state index contributed by atoms with van der Waals surface area (Å²) in [7, 11) is 4.08. The van der Waals surface area contributed by atoms with Gasteiger partial charge in [0.25, 0.3) is 5.91 Å². The number of rotatable bonds is 4. The van der Waals surface area contributed by atoms with Crippen molar-refractivity contribution in [1.29, 1.82) is 0 Å². The zero-order valence-corrected chi connectivity index (χ0v) is 13.6. The number of amides is 1. The molecule has 1 saturated carbocycles. The molecule has 0 saturated heterocycles. The highest BCUT2D eigenvalue weighted by molar-refractivity contribution is 9.10. The fraction of sp³-hybridized carbons (Fsp3) is 0.533. The number of hydrogen-bond acceptors (Lipinski definition) is 3. The van der Waals surface area contributed by atoms with Gasteiger partial charge >= 0.3 is 0 Å². The average Bonchev–Trinajstić information content (AvgIpc) is 2.46. The third-order valence-electron chi connectivity index (χ3n) is 4.26. The van der Waals surface area contributed by atoms with E-state index in [0.29, 0.717) is 17.6 Å². The Kier molecular flexibility index (Phi) is 5.05. The molecule has 5 heteroatoms. The van der Waals surface area contributed by atoms with Gasteiger partial charge in [0, 0.05) is 29.3 Å². The number of carbonyl (C=O) groups excluding carboxylic acids is 1. The molecule has 1 aromatic rings. The van der Waals surface area contributed by atoms with E-state index in [-0.39, 0.29) is 5.91 Å². The van der Waals surface area contributed by atoms with Gasteiger partial charge < -0.3 is 16.0 Å². The van der Waals surface area contributed by atoms with Crippen molar-refractivity contribution in [3.05, 3.63) is 28.2 Å². The van der Waals surface area contributed by atoms with E-state index < -0.39 is 0 Å². The summed E-state index contributed by atoms with van der Waals surface area (Å²) in [5.74, 6) is -0.378. The maximum absolute atomic E-state index is 11.6. The molecule has 1 aliphatic rings. The molecule has 1 fully saturated rings. The number of hydrogen-bond donors (Lipinski definition) is 2. The number of nitrogens with two attached hydrogens (primary N) is 1. The van der Waals surface area contributed by atoms with Gasteiger partial charge in [0.2, 0.25) is 0 Å². The lowest BCUT2D eigenvalue weighted by Crippen LogP contribution is -2.40. The van der Waals surface area contributed by atoms with Crippen LogP contribution in [0.15, 0.2) is 22.7 Å². The molecule has 2 rings (SSSR count). The Morgan fingerprint density at radius 2 is 2.00 bits per heavy atom. The zero-order chi connectivity index (χ0) is 14.7. The van der Waals surface area contributed by atoms with Crippen molar-refractivity contribution in [3.63, 3.8) is 0 Å². The van der Waals surface area contributed by atoms with E-state index in [9.17, 15) is 4.79 Å². The number of carbonyl (C=O) groups is 1. The minimum atomic E-state index is -0.378. The van der Waals surface area contributed by atoms with Crippen molar-refractivity contribution >= 4 is 27.5 Å². The first kappa shape index (κ1) is 15.3. The number of nitrogens with zero attached hydrogens (tertiary/aromatic N) is 1. The Bertz CT molecular complexity index is 484. The molecule has 0 bridgehead atoms. The SMILES string of the molecule is CNC1CCC(N(C)c2ccc(Br)cc2C(N)=O)CC1. The fourth-order valence-electron chi connectivity index (χ4n) is 2.96. The van der Waals surface area contributed by atoms with Crippen molar-refractivity contribution in [2.24, 2.45) is 5.73 Å². The molecular weight excluding hydrogens is 318 g/mol. The molecule has 3 N–H and O–H groups in total. The minimum absolute atomic E-state index is 0.378. The average molecular weight is 340 g/mol. The molecular formula is C15H22BrN3O. The van der Waals surface area contributed by atoms with Crippen LogP contribution in [0.5, 0.6) is 0 Å². The summed E-state index contributed by atoms with van der Waals surface area (Å²) in [6.45, 7) is 0. The molecule has 0 aliphatic heterocycles. The highest BCUT2D eigenvalue weighted by atomic mass is 79.9. The molecule has 0 atom stereocenters. The van der Waals surface area contributed by atoms with Crippen LogP contribution in [0.25, 0.3) is 0 Å². The molecule has 20 heavy (non-hydrogen) atoms. The summed E-state index contributed by atoms with van der Waals surface area (Å²) in [4.78, 5) is 13.8. The van der Waals surface area contributed by atoms with Crippen LogP contribution < -0.4 is 16.0 Å². The van der Waals surface area contributed by atoms with E-state index in [0.717, 1.165) is 23.0 Å². The van der Waals surface area contributed by atoms with Gasteiger partial charge in [-0.25, -0.2) is 0 Å². The van der Waals surface area contributed by atoms with E-state index in [1.807, 2.05) is 19.2 Å². The maximum Gasteiger partial charge on any atom is 0.250 e. The first-order chi connectivity index (χ1) is 9.52. The Balaban J connectivity index is 2.17. The van der Waals surface area contributed by atoms with Crippen molar-refractivity contribution in [2.45, 2.75) is 37.8 Å². The first-order valence-electron chi connectivity index (χ1n) is 7.02. The lowest BCUT2D eigenvalue weighted by molar-refractivity contribution is 0.100. The first-order valence-corrected chi connectivity index (χ1v) is 7.81. The number of anilines is 1. The molecule has 0 unspecified atom stereocenters. The Hall–Kier alpha value is -1.07. The van der Waals surface area contributed by atoms with Crippen LogP contribution in [0.3, 0.4) is 0 Å². The molecule has 0 heterocycles. The smallest absolute Gasteiger partial charge is 0.250 e. The fourth-order valence-corrected chi connectivity index (χ4v) is 3.32. The summed E-state index contributed by atoms with van der Waals surface area (Å²) < 4.78 is 0.877. The molecule has 0 aromatic heterocycles. The van der Waals surface area contributed by atoms with Crippen molar-refractivity contribution in [3.8, 4) is 0 Å². The molecule has 110 valence electrons.